The summed E-state index contributed by atoms with van der Waals surface area (Å²) >= 11 is 0. The Labute approximate surface area is 76.3 Å². The topological polar surface area (TPSA) is 46.5 Å². The fourth-order valence-corrected chi connectivity index (χ4v) is 1.06. The van der Waals surface area contributed by atoms with Crippen molar-refractivity contribution in [1.29, 1.82) is 0 Å². The van der Waals surface area contributed by atoms with Gasteiger partial charge in [0.25, 0.3) is 0 Å². The summed E-state index contributed by atoms with van der Waals surface area (Å²) in [6.07, 6.45) is 1.42. The first-order valence-electron chi connectivity index (χ1n) is 3.73. The lowest BCUT2D eigenvalue weighted by atomic mass is 10.1. The monoisotopic (exact) mass is 178 g/mol. The number of hydrogen-bond acceptors (Lipinski definition) is 3. The molecule has 1 aromatic rings. The lowest BCUT2D eigenvalue weighted by Crippen LogP contribution is -2.03. The van der Waals surface area contributed by atoms with E-state index in [-0.39, 0.29) is 5.75 Å². The molecule has 1 N–H and O–H groups in total. The average molecular weight is 178 g/mol. The van der Waals surface area contributed by atoms with Gasteiger partial charge in [0.1, 0.15) is 5.75 Å². The van der Waals surface area contributed by atoms with E-state index in [1.807, 2.05) is 0 Å². The number of phenols is 1. The number of carbonyl (C=O) groups is 1. The van der Waals surface area contributed by atoms with Gasteiger partial charge in [0.2, 0.25) is 0 Å². The van der Waals surface area contributed by atoms with Crippen LogP contribution in [0.4, 0.5) is 0 Å². The lowest BCUT2D eigenvalue weighted by molar-refractivity contribution is 0.0600. The van der Waals surface area contributed by atoms with E-state index in [0.717, 1.165) is 0 Å². The average Bonchev–Trinajstić information content (AvgIpc) is 2.16. The van der Waals surface area contributed by atoms with Gasteiger partial charge in [-0.15, -0.1) is 0 Å². The van der Waals surface area contributed by atoms with E-state index in [1.165, 1.54) is 19.3 Å². The van der Waals surface area contributed by atoms with Crippen LogP contribution in [-0.4, -0.2) is 18.2 Å². The first kappa shape index (κ1) is 9.32. The highest BCUT2D eigenvalue weighted by Crippen LogP contribution is 2.22. The van der Waals surface area contributed by atoms with Gasteiger partial charge in [-0.1, -0.05) is 18.7 Å². The van der Waals surface area contributed by atoms with Crippen LogP contribution in [0.25, 0.3) is 6.08 Å². The molecule has 3 nitrogen and oxygen atoms in total. The zero-order chi connectivity index (χ0) is 9.84. The fourth-order valence-electron chi connectivity index (χ4n) is 1.06. The van der Waals surface area contributed by atoms with Crippen molar-refractivity contribution in [2.45, 2.75) is 0 Å². The van der Waals surface area contributed by atoms with Crippen molar-refractivity contribution in [2.75, 3.05) is 7.11 Å². The Morgan fingerprint density at radius 2 is 2.31 bits per heavy atom. The fraction of sp³-hybridized carbons (Fsp3) is 0.100. The van der Waals surface area contributed by atoms with Crippen LogP contribution >= 0.6 is 0 Å². The highest BCUT2D eigenvalue weighted by Gasteiger charge is 2.11. The standard InChI is InChI=1S/C10H10O3/c1-3-7-8(10(12)13-2)5-4-6-9(7)11/h3-6,11H,1H2,2H3. The summed E-state index contributed by atoms with van der Waals surface area (Å²) in [4.78, 5) is 11.2. The summed E-state index contributed by atoms with van der Waals surface area (Å²) in [6, 6.07) is 4.64. The van der Waals surface area contributed by atoms with Crippen LogP contribution in [0.2, 0.25) is 0 Å². The molecule has 13 heavy (non-hydrogen) atoms. The van der Waals surface area contributed by atoms with Crippen molar-refractivity contribution in [1.82, 2.24) is 0 Å². The molecule has 0 aliphatic rings. The lowest BCUT2D eigenvalue weighted by Gasteiger charge is -2.04. The van der Waals surface area contributed by atoms with Gasteiger partial charge in [0, 0.05) is 5.56 Å². The van der Waals surface area contributed by atoms with Crippen LogP contribution in [0.5, 0.6) is 5.75 Å². The molecule has 0 radical (unpaired) electrons. The summed E-state index contributed by atoms with van der Waals surface area (Å²) in [5.41, 5.74) is 0.715. The second-order valence-corrected chi connectivity index (χ2v) is 2.43. The Kier molecular flexibility index (Phi) is 2.69. The van der Waals surface area contributed by atoms with Crippen molar-refractivity contribution < 1.29 is 14.6 Å². The second kappa shape index (κ2) is 3.76. The predicted molar refractivity (Wildman–Crippen MR) is 49.5 cm³/mol. The van der Waals surface area contributed by atoms with E-state index < -0.39 is 5.97 Å². The highest BCUT2D eigenvalue weighted by atomic mass is 16.5. The number of aromatic hydroxyl groups is 1. The smallest absolute Gasteiger partial charge is 0.338 e. The summed E-state index contributed by atoms with van der Waals surface area (Å²) in [6.45, 7) is 3.50. The number of phenolic OH excluding ortho intramolecular Hbond substituents is 1. The number of methoxy groups -OCH3 is 1. The Bertz CT molecular complexity index is 342. The Morgan fingerprint density at radius 1 is 1.62 bits per heavy atom. The van der Waals surface area contributed by atoms with Gasteiger partial charge in [0.15, 0.2) is 0 Å². The van der Waals surface area contributed by atoms with Crippen molar-refractivity contribution in [2.24, 2.45) is 0 Å². The quantitative estimate of drug-likeness (QED) is 0.702. The van der Waals surface area contributed by atoms with E-state index in [2.05, 4.69) is 11.3 Å². The number of carbonyl (C=O) groups excluding carboxylic acids is 1. The SMILES string of the molecule is C=Cc1c(O)cccc1C(=O)OC. The molecule has 0 heterocycles. The van der Waals surface area contributed by atoms with Gasteiger partial charge in [-0.25, -0.2) is 4.79 Å². The Hall–Kier alpha value is -1.77. The largest absolute Gasteiger partial charge is 0.507 e. The van der Waals surface area contributed by atoms with Gasteiger partial charge in [-0.05, 0) is 12.1 Å². The van der Waals surface area contributed by atoms with Crippen molar-refractivity contribution in [3.8, 4) is 5.75 Å². The normalized spacial score (nSPS) is 9.31. The van der Waals surface area contributed by atoms with Crippen LogP contribution in [0, 0.1) is 0 Å². The number of rotatable bonds is 2. The van der Waals surface area contributed by atoms with Gasteiger partial charge in [0.05, 0.1) is 12.7 Å². The zero-order valence-corrected chi connectivity index (χ0v) is 7.28. The van der Waals surface area contributed by atoms with Gasteiger partial charge < -0.3 is 9.84 Å². The van der Waals surface area contributed by atoms with Crippen LogP contribution in [0.3, 0.4) is 0 Å². The van der Waals surface area contributed by atoms with E-state index in [4.69, 9.17) is 0 Å². The predicted octanol–water partition coefficient (Wildman–Crippen LogP) is 1.82. The van der Waals surface area contributed by atoms with Gasteiger partial charge in [-0.3, -0.25) is 0 Å². The van der Waals surface area contributed by atoms with E-state index in [1.54, 1.807) is 12.1 Å². The van der Waals surface area contributed by atoms with E-state index in [9.17, 15) is 9.90 Å². The summed E-state index contributed by atoms with van der Waals surface area (Å²) in [5, 5.41) is 9.36. The van der Waals surface area contributed by atoms with Crippen LogP contribution in [0.1, 0.15) is 15.9 Å². The van der Waals surface area contributed by atoms with E-state index in [0.29, 0.717) is 11.1 Å². The molecule has 0 atom stereocenters. The molecule has 68 valence electrons. The molecule has 0 aliphatic heterocycles. The maximum atomic E-state index is 11.2. The van der Waals surface area contributed by atoms with Crippen LogP contribution < -0.4 is 0 Å². The molecule has 0 spiro atoms. The minimum absolute atomic E-state index is 0.0258. The van der Waals surface area contributed by atoms with Crippen molar-refractivity contribution in [3.63, 3.8) is 0 Å². The summed E-state index contributed by atoms with van der Waals surface area (Å²) in [5.74, 6) is -0.455. The number of hydrogen-bond donors (Lipinski definition) is 1. The molecule has 0 saturated heterocycles. The number of esters is 1. The maximum Gasteiger partial charge on any atom is 0.338 e. The van der Waals surface area contributed by atoms with Crippen LogP contribution in [-0.2, 0) is 4.74 Å². The first-order valence-corrected chi connectivity index (χ1v) is 3.73. The third kappa shape index (κ3) is 1.69. The zero-order valence-electron chi connectivity index (χ0n) is 7.28. The molecule has 0 aromatic heterocycles. The Balaban J connectivity index is 3.28. The van der Waals surface area contributed by atoms with Crippen LogP contribution in [0.15, 0.2) is 24.8 Å². The molecule has 0 aliphatic carbocycles. The molecule has 0 amide bonds. The molecular weight excluding hydrogens is 168 g/mol. The molecule has 0 saturated carbocycles. The minimum Gasteiger partial charge on any atom is -0.507 e. The van der Waals surface area contributed by atoms with Gasteiger partial charge in [-0.2, -0.15) is 0 Å². The molecular formula is C10H10O3. The summed E-state index contributed by atoms with van der Waals surface area (Å²) < 4.78 is 4.54. The molecule has 0 unspecified atom stereocenters. The third-order valence-corrected chi connectivity index (χ3v) is 1.69. The molecule has 0 bridgehead atoms. The molecule has 1 aromatic carbocycles. The number of benzene rings is 1. The van der Waals surface area contributed by atoms with Gasteiger partial charge >= 0.3 is 5.97 Å². The molecule has 1 rings (SSSR count). The third-order valence-electron chi connectivity index (χ3n) is 1.69. The Morgan fingerprint density at radius 3 is 2.85 bits per heavy atom. The number of ether oxygens (including phenoxy) is 1. The molecule has 3 heteroatoms. The molecule has 0 fully saturated rings. The summed E-state index contributed by atoms with van der Waals surface area (Å²) in [7, 11) is 1.29. The second-order valence-electron chi connectivity index (χ2n) is 2.43. The first-order chi connectivity index (χ1) is 6.20. The minimum atomic E-state index is -0.481. The maximum absolute atomic E-state index is 11.2. The van der Waals surface area contributed by atoms with Crippen molar-refractivity contribution >= 4 is 12.0 Å². The highest BCUT2D eigenvalue weighted by molar-refractivity contribution is 5.94. The van der Waals surface area contributed by atoms with Crippen molar-refractivity contribution in [3.05, 3.63) is 35.9 Å². The van der Waals surface area contributed by atoms with E-state index >= 15 is 0 Å².